The van der Waals surface area contributed by atoms with Crippen molar-refractivity contribution in [1.29, 1.82) is 0 Å². The number of benzene rings is 1. The zero-order valence-corrected chi connectivity index (χ0v) is 11.6. The molecule has 1 fully saturated rings. The maximum absolute atomic E-state index is 11.6. The third kappa shape index (κ3) is 2.38. The van der Waals surface area contributed by atoms with Crippen LogP contribution < -0.4 is 0 Å². The van der Waals surface area contributed by atoms with E-state index in [2.05, 4.69) is 22.9 Å². The zero-order chi connectivity index (χ0) is 13.4. The predicted octanol–water partition coefficient (Wildman–Crippen LogP) is 1.49. The van der Waals surface area contributed by atoms with Crippen molar-refractivity contribution in [3.8, 4) is 0 Å². The first kappa shape index (κ1) is 12.6. The molecule has 102 valence electrons. The molecule has 2 heterocycles. The number of esters is 1. The molecule has 0 N–H and O–H groups in total. The summed E-state index contributed by atoms with van der Waals surface area (Å²) in [5, 5.41) is 0. The highest BCUT2D eigenvalue weighted by atomic mass is 16.5. The Kier molecular flexibility index (Phi) is 3.29. The molecule has 0 aromatic heterocycles. The van der Waals surface area contributed by atoms with E-state index >= 15 is 0 Å². The highest BCUT2D eigenvalue weighted by molar-refractivity contribution is 5.89. The molecule has 0 amide bonds. The number of ether oxygens (including phenoxy) is 1. The second-order valence-electron chi connectivity index (χ2n) is 5.58. The Morgan fingerprint density at radius 2 is 2.11 bits per heavy atom. The number of methoxy groups -OCH3 is 1. The van der Waals surface area contributed by atoms with Crippen molar-refractivity contribution in [2.24, 2.45) is 0 Å². The maximum Gasteiger partial charge on any atom is 0.337 e. The van der Waals surface area contributed by atoms with Gasteiger partial charge in [-0.3, -0.25) is 4.90 Å². The number of hydrogen-bond donors (Lipinski definition) is 0. The van der Waals surface area contributed by atoms with Crippen LogP contribution in [0.1, 0.15) is 27.9 Å². The Morgan fingerprint density at radius 3 is 2.79 bits per heavy atom. The van der Waals surface area contributed by atoms with Gasteiger partial charge in [-0.05, 0) is 43.3 Å². The van der Waals surface area contributed by atoms with Crippen LogP contribution in [0.15, 0.2) is 18.2 Å². The summed E-state index contributed by atoms with van der Waals surface area (Å²) in [5.41, 5.74) is 3.28. The van der Waals surface area contributed by atoms with Gasteiger partial charge < -0.3 is 9.64 Å². The third-order valence-electron chi connectivity index (χ3n) is 4.26. The van der Waals surface area contributed by atoms with E-state index in [0.717, 1.165) is 19.6 Å². The Morgan fingerprint density at radius 1 is 1.32 bits per heavy atom. The summed E-state index contributed by atoms with van der Waals surface area (Å²) in [7, 11) is 3.61. The van der Waals surface area contributed by atoms with Gasteiger partial charge in [-0.2, -0.15) is 0 Å². The minimum atomic E-state index is -0.248. The van der Waals surface area contributed by atoms with Crippen LogP contribution in [0.5, 0.6) is 0 Å². The van der Waals surface area contributed by atoms with E-state index in [1.165, 1.54) is 31.2 Å². The second-order valence-corrected chi connectivity index (χ2v) is 5.58. The lowest BCUT2D eigenvalue weighted by atomic mass is 10.1. The third-order valence-corrected chi connectivity index (χ3v) is 4.26. The standard InChI is InChI=1S/C15H20N2O2/c1-16-6-5-14(10-16)17-8-12-4-3-11(15(18)19-2)7-13(12)9-17/h3-4,7,14H,5-6,8-10H2,1-2H3/t14-/m1/s1. The Bertz CT molecular complexity index is 501. The Balaban J connectivity index is 1.75. The topological polar surface area (TPSA) is 32.8 Å². The average molecular weight is 260 g/mol. The van der Waals surface area contributed by atoms with E-state index in [1.807, 2.05) is 12.1 Å². The van der Waals surface area contributed by atoms with Crippen LogP contribution in [0.25, 0.3) is 0 Å². The van der Waals surface area contributed by atoms with E-state index in [4.69, 9.17) is 4.74 Å². The van der Waals surface area contributed by atoms with Crippen molar-refractivity contribution in [2.45, 2.75) is 25.6 Å². The first-order valence-electron chi connectivity index (χ1n) is 6.80. The summed E-state index contributed by atoms with van der Waals surface area (Å²) in [6.45, 7) is 4.30. The van der Waals surface area contributed by atoms with Crippen LogP contribution in [0.4, 0.5) is 0 Å². The number of likely N-dealkylation sites (N-methyl/N-ethyl adjacent to an activating group) is 1. The average Bonchev–Trinajstić information content (AvgIpc) is 3.02. The fraction of sp³-hybridized carbons (Fsp3) is 0.533. The Labute approximate surface area is 113 Å². The zero-order valence-electron chi connectivity index (χ0n) is 11.6. The molecule has 0 radical (unpaired) electrons. The van der Waals surface area contributed by atoms with Gasteiger partial charge in [-0.1, -0.05) is 6.07 Å². The largest absolute Gasteiger partial charge is 0.465 e. The van der Waals surface area contributed by atoms with Crippen molar-refractivity contribution >= 4 is 5.97 Å². The van der Waals surface area contributed by atoms with Gasteiger partial charge >= 0.3 is 5.97 Å². The fourth-order valence-electron chi connectivity index (χ4n) is 3.13. The van der Waals surface area contributed by atoms with Gasteiger partial charge in [0.2, 0.25) is 0 Å². The molecule has 2 aliphatic heterocycles. The quantitative estimate of drug-likeness (QED) is 0.754. The number of carbonyl (C=O) groups is 1. The van der Waals surface area contributed by atoms with Crippen LogP contribution in [-0.2, 0) is 17.8 Å². The van der Waals surface area contributed by atoms with Crippen LogP contribution in [-0.4, -0.2) is 49.1 Å². The molecule has 1 saturated heterocycles. The van der Waals surface area contributed by atoms with Crippen LogP contribution in [0.2, 0.25) is 0 Å². The van der Waals surface area contributed by atoms with Crippen LogP contribution in [0, 0.1) is 0 Å². The van der Waals surface area contributed by atoms with Crippen LogP contribution in [0.3, 0.4) is 0 Å². The molecule has 1 atom stereocenters. The molecule has 0 saturated carbocycles. The summed E-state index contributed by atoms with van der Waals surface area (Å²) in [4.78, 5) is 16.5. The summed E-state index contributed by atoms with van der Waals surface area (Å²) >= 11 is 0. The number of hydrogen-bond acceptors (Lipinski definition) is 4. The summed E-state index contributed by atoms with van der Waals surface area (Å²) < 4.78 is 4.78. The molecule has 0 unspecified atom stereocenters. The van der Waals surface area contributed by atoms with E-state index in [-0.39, 0.29) is 5.97 Å². The van der Waals surface area contributed by atoms with Crippen molar-refractivity contribution in [2.75, 3.05) is 27.2 Å². The minimum Gasteiger partial charge on any atom is -0.465 e. The first-order valence-corrected chi connectivity index (χ1v) is 6.80. The molecule has 0 aliphatic carbocycles. The molecule has 4 heteroatoms. The normalized spacial score (nSPS) is 23.6. The highest BCUT2D eigenvalue weighted by Crippen LogP contribution is 2.28. The van der Waals surface area contributed by atoms with Gasteiger partial charge in [-0.15, -0.1) is 0 Å². The molecule has 3 rings (SSSR count). The maximum atomic E-state index is 11.6. The molecule has 4 nitrogen and oxygen atoms in total. The molecule has 1 aromatic carbocycles. The van der Waals surface area contributed by atoms with Gasteiger partial charge in [0.25, 0.3) is 0 Å². The number of fused-ring (bicyclic) bond motifs is 1. The molecule has 2 aliphatic rings. The van der Waals surface area contributed by atoms with Crippen LogP contribution >= 0.6 is 0 Å². The van der Waals surface area contributed by atoms with Gasteiger partial charge in [0.15, 0.2) is 0 Å². The van der Waals surface area contributed by atoms with E-state index in [1.54, 1.807) is 0 Å². The lowest BCUT2D eigenvalue weighted by molar-refractivity contribution is 0.0600. The molecule has 19 heavy (non-hydrogen) atoms. The number of likely N-dealkylation sites (tertiary alicyclic amines) is 1. The van der Waals surface area contributed by atoms with E-state index in [9.17, 15) is 4.79 Å². The molecular formula is C15H20N2O2. The predicted molar refractivity (Wildman–Crippen MR) is 72.9 cm³/mol. The summed E-state index contributed by atoms with van der Waals surface area (Å²) in [5.74, 6) is -0.248. The lowest BCUT2D eigenvalue weighted by Crippen LogP contribution is -2.32. The van der Waals surface area contributed by atoms with Gasteiger partial charge in [0.05, 0.1) is 12.7 Å². The van der Waals surface area contributed by atoms with Gasteiger partial charge in [0, 0.05) is 25.7 Å². The van der Waals surface area contributed by atoms with E-state index < -0.39 is 0 Å². The lowest BCUT2D eigenvalue weighted by Gasteiger charge is -2.22. The van der Waals surface area contributed by atoms with Crippen molar-refractivity contribution in [1.82, 2.24) is 9.80 Å². The summed E-state index contributed by atoms with van der Waals surface area (Å²) in [6.07, 6.45) is 1.24. The van der Waals surface area contributed by atoms with E-state index in [0.29, 0.717) is 11.6 Å². The van der Waals surface area contributed by atoms with Crippen molar-refractivity contribution < 1.29 is 9.53 Å². The fourth-order valence-corrected chi connectivity index (χ4v) is 3.13. The molecule has 0 spiro atoms. The highest BCUT2D eigenvalue weighted by Gasteiger charge is 2.30. The second kappa shape index (κ2) is 4.94. The SMILES string of the molecule is COC(=O)c1ccc2c(c1)CN([C@@H]1CCN(C)C1)C2. The Hall–Kier alpha value is -1.39. The van der Waals surface area contributed by atoms with Gasteiger partial charge in [-0.25, -0.2) is 4.79 Å². The molecule has 1 aromatic rings. The summed E-state index contributed by atoms with van der Waals surface area (Å²) in [6, 6.07) is 6.58. The van der Waals surface area contributed by atoms with Gasteiger partial charge in [0.1, 0.15) is 0 Å². The molecular weight excluding hydrogens is 240 g/mol. The number of carbonyl (C=O) groups excluding carboxylic acids is 1. The monoisotopic (exact) mass is 260 g/mol. The van der Waals surface area contributed by atoms with Crippen molar-refractivity contribution in [3.05, 3.63) is 34.9 Å². The van der Waals surface area contributed by atoms with Crippen molar-refractivity contribution in [3.63, 3.8) is 0 Å². The molecule has 0 bridgehead atoms. The number of nitrogens with zero attached hydrogens (tertiary/aromatic N) is 2. The minimum absolute atomic E-state index is 0.248. The number of rotatable bonds is 2. The smallest absolute Gasteiger partial charge is 0.337 e. The first-order chi connectivity index (χ1) is 9.17.